The first-order valence-corrected chi connectivity index (χ1v) is 9.08. The molecule has 2 N–H and O–H groups in total. The van der Waals surface area contributed by atoms with Crippen LogP contribution in [0, 0.1) is 11.6 Å². The van der Waals surface area contributed by atoms with Crippen LogP contribution in [0.4, 0.5) is 8.78 Å². The number of Topliss-reactive ketones (excluding diaryl/α,β-unsaturated/α-hetero) is 1. The molecule has 4 rings (SSSR count). The van der Waals surface area contributed by atoms with Crippen molar-refractivity contribution >= 4 is 34.2 Å². The Morgan fingerprint density at radius 1 is 0.967 bits per heavy atom. The fourth-order valence-electron chi connectivity index (χ4n) is 3.18. The smallest absolute Gasteiger partial charge is 0.200 e. The Morgan fingerprint density at radius 2 is 1.70 bits per heavy atom. The number of fused-ring (bicyclic) bond motifs is 1. The highest BCUT2D eigenvalue weighted by Crippen LogP contribution is 2.29. The lowest BCUT2D eigenvalue weighted by atomic mass is 9.97. The van der Waals surface area contributed by atoms with Crippen LogP contribution < -0.4 is 0 Å². The lowest BCUT2D eigenvalue weighted by Crippen LogP contribution is -2.08. The fraction of sp³-hybridized carbons (Fsp3) is 0. The Labute approximate surface area is 170 Å². The predicted molar refractivity (Wildman–Crippen MR) is 113 cm³/mol. The van der Waals surface area contributed by atoms with E-state index in [1.165, 1.54) is 0 Å². The normalized spacial score (nSPS) is 11.9. The van der Waals surface area contributed by atoms with Crippen LogP contribution >= 0.6 is 0 Å². The number of rotatable bonds is 5. The number of benzene rings is 3. The molecule has 0 radical (unpaired) electrons. The zero-order valence-electron chi connectivity index (χ0n) is 15.7. The highest BCUT2D eigenvalue weighted by atomic mass is 19.1. The molecule has 6 heteroatoms. The molecule has 0 saturated heterocycles. The van der Waals surface area contributed by atoms with Gasteiger partial charge in [-0.25, -0.2) is 13.8 Å². The van der Waals surface area contributed by atoms with Gasteiger partial charge in [-0.05, 0) is 35.9 Å². The van der Waals surface area contributed by atoms with Gasteiger partial charge in [-0.3, -0.25) is 4.79 Å². The standard InChI is InChI=1S/C24H16F2N2O2/c1-2-14-6-5-7-15(10-14)22(29)21(23(30)16-11-17(25)13-18(26)12-16)24-27-19-8-3-4-9-20(19)28-24/h2-13,30H,1H2,(H,27,28). The Bertz CT molecular complexity index is 1270. The molecule has 0 atom stereocenters. The molecule has 0 unspecified atom stereocenters. The summed E-state index contributed by atoms with van der Waals surface area (Å²) in [5, 5.41) is 10.9. The minimum absolute atomic E-state index is 0.0902. The first-order chi connectivity index (χ1) is 14.5. The van der Waals surface area contributed by atoms with Crippen LogP contribution in [0.2, 0.25) is 0 Å². The Balaban J connectivity index is 1.96. The molecule has 0 spiro atoms. The monoisotopic (exact) mass is 402 g/mol. The third-order valence-corrected chi connectivity index (χ3v) is 4.61. The molecule has 0 saturated carbocycles. The Hall–Kier alpha value is -4.06. The van der Waals surface area contributed by atoms with Gasteiger partial charge in [-0.15, -0.1) is 0 Å². The number of para-hydroxylation sites is 2. The van der Waals surface area contributed by atoms with Crippen molar-refractivity contribution in [2.45, 2.75) is 0 Å². The molecular weight excluding hydrogens is 386 g/mol. The van der Waals surface area contributed by atoms with Gasteiger partial charge in [0.25, 0.3) is 0 Å². The van der Waals surface area contributed by atoms with E-state index in [4.69, 9.17) is 0 Å². The zero-order chi connectivity index (χ0) is 21.3. The van der Waals surface area contributed by atoms with Gasteiger partial charge in [-0.1, -0.05) is 43.0 Å². The summed E-state index contributed by atoms with van der Waals surface area (Å²) in [6.45, 7) is 3.69. The molecule has 0 aliphatic heterocycles. The highest BCUT2D eigenvalue weighted by molar-refractivity contribution is 6.33. The van der Waals surface area contributed by atoms with E-state index in [0.29, 0.717) is 22.7 Å². The second-order valence-corrected chi connectivity index (χ2v) is 6.64. The van der Waals surface area contributed by atoms with Crippen LogP contribution in [0.3, 0.4) is 0 Å². The number of allylic oxidation sites excluding steroid dienone is 1. The quantitative estimate of drug-likeness (QED) is 0.252. The van der Waals surface area contributed by atoms with Crippen molar-refractivity contribution in [2.24, 2.45) is 0 Å². The van der Waals surface area contributed by atoms with Gasteiger partial charge in [-0.2, -0.15) is 0 Å². The average molecular weight is 402 g/mol. The number of hydrogen-bond acceptors (Lipinski definition) is 3. The number of halogens is 2. The molecule has 0 fully saturated rings. The summed E-state index contributed by atoms with van der Waals surface area (Å²) >= 11 is 0. The van der Waals surface area contributed by atoms with Gasteiger partial charge in [0.15, 0.2) is 0 Å². The second-order valence-electron chi connectivity index (χ2n) is 6.64. The molecule has 30 heavy (non-hydrogen) atoms. The molecule has 1 heterocycles. The van der Waals surface area contributed by atoms with Crippen LogP contribution in [-0.2, 0) is 0 Å². The number of nitrogens with one attached hydrogen (secondary N) is 1. The third kappa shape index (κ3) is 3.63. The number of carbonyl (C=O) groups excluding carboxylic acids is 1. The van der Waals surface area contributed by atoms with Crippen molar-refractivity contribution < 1.29 is 18.7 Å². The number of aromatic nitrogens is 2. The number of aliphatic hydroxyl groups excluding tert-OH is 1. The number of carbonyl (C=O) groups is 1. The molecule has 0 aliphatic rings. The van der Waals surface area contributed by atoms with E-state index >= 15 is 0 Å². The minimum atomic E-state index is -0.874. The van der Waals surface area contributed by atoms with Gasteiger partial charge >= 0.3 is 0 Å². The number of aromatic amines is 1. The summed E-state index contributed by atoms with van der Waals surface area (Å²) in [4.78, 5) is 20.8. The maximum atomic E-state index is 13.8. The lowest BCUT2D eigenvalue weighted by molar-refractivity contribution is 0.105. The summed E-state index contributed by atoms with van der Waals surface area (Å²) < 4.78 is 27.5. The van der Waals surface area contributed by atoms with E-state index in [1.807, 2.05) is 0 Å². The van der Waals surface area contributed by atoms with E-state index in [1.54, 1.807) is 54.6 Å². The van der Waals surface area contributed by atoms with Crippen molar-refractivity contribution in [2.75, 3.05) is 0 Å². The Morgan fingerprint density at radius 3 is 2.40 bits per heavy atom. The molecule has 4 nitrogen and oxygen atoms in total. The summed E-state index contributed by atoms with van der Waals surface area (Å²) in [6, 6.07) is 16.3. The van der Waals surface area contributed by atoms with Crippen molar-refractivity contribution in [3.8, 4) is 0 Å². The number of aliphatic hydroxyl groups is 1. The number of nitrogens with zero attached hydrogens (tertiary/aromatic N) is 1. The fourth-order valence-corrected chi connectivity index (χ4v) is 3.18. The molecular formula is C24H16F2N2O2. The topological polar surface area (TPSA) is 66.0 Å². The van der Waals surface area contributed by atoms with Gasteiger partial charge in [0.05, 0.1) is 11.0 Å². The number of H-pyrrole nitrogens is 1. The van der Waals surface area contributed by atoms with Gasteiger partial charge in [0.1, 0.15) is 28.8 Å². The minimum Gasteiger partial charge on any atom is -0.506 e. The van der Waals surface area contributed by atoms with E-state index in [-0.39, 0.29) is 22.5 Å². The van der Waals surface area contributed by atoms with E-state index in [0.717, 1.165) is 12.1 Å². The maximum Gasteiger partial charge on any atom is 0.200 e. The van der Waals surface area contributed by atoms with Crippen LogP contribution in [0.25, 0.3) is 28.4 Å². The zero-order valence-corrected chi connectivity index (χ0v) is 15.7. The van der Waals surface area contributed by atoms with Crippen LogP contribution in [0.5, 0.6) is 0 Å². The van der Waals surface area contributed by atoms with Crippen molar-refractivity contribution in [1.29, 1.82) is 0 Å². The van der Waals surface area contributed by atoms with Gasteiger partial charge < -0.3 is 10.1 Å². The van der Waals surface area contributed by atoms with Crippen molar-refractivity contribution in [1.82, 2.24) is 9.97 Å². The summed E-state index contributed by atoms with van der Waals surface area (Å²) in [5.41, 5.74) is 1.84. The third-order valence-electron chi connectivity index (χ3n) is 4.61. The molecule has 0 amide bonds. The summed E-state index contributed by atoms with van der Waals surface area (Å²) in [7, 11) is 0. The SMILES string of the molecule is C=Cc1cccc(C(=O)C(=C(O)c2cc(F)cc(F)c2)c2nc3ccccc3[nH]2)c1. The van der Waals surface area contributed by atoms with E-state index in [2.05, 4.69) is 16.5 Å². The maximum absolute atomic E-state index is 13.8. The molecule has 0 bridgehead atoms. The second kappa shape index (κ2) is 7.75. The molecule has 1 aromatic heterocycles. The first kappa shape index (κ1) is 19.3. The lowest BCUT2D eigenvalue weighted by Gasteiger charge is -2.10. The number of ketones is 1. The van der Waals surface area contributed by atoms with E-state index < -0.39 is 23.2 Å². The molecule has 4 aromatic rings. The number of imidazole rings is 1. The molecule has 0 aliphatic carbocycles. The Kier molecular flexibility index (Phi) is 4.98. The largest absolute Gasteiger partial charge is 0.506 e. The van der Waals surface area contributed by atoms with Crippen LogP contribution in [-0.4, -0.2) is 20.9 Å². The predicted octanol–water partition coefficient (Wildman–Crippen LogP) is 5.79. The van der Waals surface area contributed by atoms with Crippen molar-refractivity contribution in [3.63, 3.8) is 0 Å². The summed E-state index contributed by atoms with van der Waals surface area (Å²) in [5.74, 6) is -2.79. The highest BCUT2D eigenvalue weighted by Gasteiger charge is 2.24. The number of hydrogen-bond donors (Lipinski definition) is 2. The van der Waals surface area contributed by atoms with Crippen molar-refractivity contribution in [3.05, 3.63) is 107 Å². The molecule has 3 aromatic carbocycles. The van der Waals surface area contributed by atoms with Gasteiger partial charge in [0, 0.05) is 17.2 Å². The van der Waals surface area contributed by atoms with Crippen LogP contribution in [0.1, 0.15) is 27.3 Å². The molecule has 148 valence electrons. The summed E-state index contributed by atoms with van der Waals surface area (Å²) in [6.07, 6.45) is 1.59. The van der Waals surface area contributed by atoms with E-state index in [9.17, 15) is 18.7 Å². The van der Waals surface area contributed by atoms with Gasteiger partial charge in [0.2, 0.25) is 5.78 Å². The average Bonchev–Trinajstić information content (AvgIpc) is 3.16. The van der Waals surface area contributed by atoms with Crippen LogP contribution in [0.15, 0.2) is 73.3 Å². The first-order valence-electron chi connectivity index (χ1n) is 9.08.